The first-order valence-electron chi connectivity index (χ1n) is 6.73. The molecule has 6 heteroatoms. The van der Waals surface area contributed by atoms with E-state index in [9.17, 15) is 9.50 Å². The highest BCUT2D eigenvalue weighted by atomic mass is 79.9. The van der Waals surface area contributed by atoms with E-state index in [2.05, 4.69) is 21.2 Å². The standard InChI is InChI=1S/C15H16BrFN2O2/c1-21-14-6-10(16)11(17)7-13(14)19-12-4-5-18-8-9(12)2-3-15(19)20/h2-3,6-7,15,18,20H,4-5,8H2,1H3. The van der Waals surface area contributed by atoms with Gasteiger partial charge in [0.05, 0.1) is 17.3 Å². The number of ether oxygens (including phenoxy) is 1. The van der Waals surface area contributed by atoms with Gasteiger partial charge in [-0.25, -0.2) is 4.39 Å². The lowest BCUT2D eigenvalue weighted by atomic mass is 10.0. The second kappa shape index (κ2) is 5.79. The number of rotatable bonds is 2. The van der Waals surface area contributed by atoms with Gasteiger partial charge in [-0.3, -0.25) is 0 Å². The number of hydrogen-bond acceptors (Lipinski definition) is 4. The van der Waals surface area contributed by atoms with Gasteiger partial charge in [-0.05, 0) is 33.6 Å². The largest absolute Gasteiger partial charge is 0.495 e. The molecule has 2 aliphatic heterocycles. The normalized spacial score (nSPS) is 21.5. The zero-order chi connectivity index (χ0) is 15.0. The van der Waals surface area contributed by atoms with Crippen LogP contribution in [0.2, 0.25) is 0 Å². The number of anilines is 1. The quantitative estimate of drug-likeness (QED) is 0.856. The van der Waals surface area contributed by atoms with Crippen LogP contribution in [0.4, 0.5) is 10.1 Å². The van der Waals surface area contributed by atoms with Crippen LogP contribution in [0.5, 0.6) is 5.75 Å². The van der Waals surface area contributed by atoms with E-state index in [1.54, 1.807) is 17.0 Å². The fraction of sp³-hybridized carbons (Fsp3) is 0.333. The van der Waals surface area contributed by atoms with E-state index in [0.717, 1.165) is 30.8 Å². The van der Waals surface area contributed by atoms with Crippen LogP contribution in [0.1, 0.15) is 6.42 Å². The molecule has 0 aliphatic carbocycles. The summed E-state index contributed by atoms with van der Waals surface area (Å²) in [6.45, 7) is 1.58. The van der Waals surface area contributed by atoms with Crippen molar-refractivity contribution in [3.8, 4) is 5.75 Å². The monoisotopic (exact) mass is 354 g/mol. The molecule has 2 heterocycles. The van der Waals surface area contributed by atoms with Gasteiger partial charge in [0.2, 0.25) is 0 Å². The molecule has 0 aromatic heterocycles. The van der Waals surface area contributed by atoms with Crippen molar-refractivity contribution in [3.05, 3.63) is 45.8 Å². The lowest BCUT2D eigenvalue weighted by Gasteiger charge is -2.37. The summed E-state index contributed by atoms with van der Waals surface area (Å²) in [6, 6.07) is 2.97. The molecule has 4 nitrogen and oxygen atoms in total. The lowest BCUT2D eigenvalue weighted by Crippen LogP contribution is -2.41. The number of aliphatic hydroxyl groups excluding tert-OH is 1. The third kappa shape index (κ3) is 2.59. The lowest BCUT2D eigenvalue weighted by molar-refractivity contribution is 0.219. The zero-order valence-electron chi connectivity index (χ0n) is 11.6. The van der Waals surface area contributed by atoms with Crippen molar-refractivity contribution in [1.82, 2.24) is 5.32 Å². The van der Waals surface area contributed by atoms with Crippen LogP contribution < -0.4 is 15.0 Å². The minimum absolute atomic E-state index is 0.338. The van der Waals surface area contributed by atoms with Crippen molar-refractivity contribution >= 4 is 21.6 Å². The minimum Gasteiger partial charge on any atom is -0.495 e. The summed E-state index contributed by atoms with van der Waals surface area (Å²) in [4.78, 5) is 1.74. The highest BCUT2D eigenvalue weighted by Crippen LogP contribution is 2.39. The Kier molecular flexibility index (Phi) is 4.01. The van der Waals surface area contributed by atoms with Gasteiger partial charge in [0.1, 0.15) is 11.6 Å². The van der Waals surface area contributed by atoms with E-state index in [1.807, 2.05) is 6.08 Å². The van der Waals surface area contributed by atoms with Crippen LogP contribution in [0.3, 0.4) is 0 Å². The summed E-state index contributed by atoms with van der Waals surface area (Å²) >= 11 is 3.16. The number of aliphatic hydroxyl groups is 1. The molecule has 1 atom stereocenters. The number of benzene rings is 1. The number of nitrogens with one attached hydrogen (secondary N) is 1. The van der Waals surface area contributed by atoms with Gasteiger partial charge in [0, 0.05) is 31.3 Å². The molecule has 3 rings (SSSR count). The molecule has 2 N–H and O–H groups in total. The van der Waals surface area contributed by atoms with Crippen LogP contribution in [-0.2, 0) is 0 Å². The van der Waals surface area contributed by atoms with Crippen molar-refractivity contribution < 1.29 is 14.2 Å². The van der Waals surface area contributed by atoms with E-state index < -0.39 is 6.23 Å². The first kappa shape index (κ1) is 14.6. The smallest absolute Gasteiger partial charge is 0.150 e. The molecule has 0 saturated carbocycles. The third-order valence-electron chi connectivity index (χ3n) is 3.73. The summed E-state index contributed by atoms with van der Waals surface area (Å²) in [7, 11) is 1.53. The first-order chi connectivity index (χ1) is 10.1. The Balaban J connectivity index is 2.12. The van der Waals surface area contributed by atoms with Crippen LogP contribution in [-0.4, -0.2) is 31.5 Å². The average Bonchev–Trinajstić information content (AvgIpc) is 2.50. The van der Waals surface area contributed by atoms with Crippen LogP contribution in [0, 0.1) is 5.82 Å². The summed E-state index contributed by atoms with van der Waals surface area (Å²) in [5.41, 5.74) is 2.64. The predicted molar refractivity (Wildman–Crippen MR) is 82.8 cm³/mol. The summed E-state index contributed by atoms with van der Waals surface area (Å²) in [5.74, 6) is 0.131. The number of halogens is 2. The Labute approximate surface area is 131 Å². The molecule has 0 fully saturated rings. The highest BCUT2D eigenvalue weighted by Gasteiger charge is 2.29. The zero-order valence-corrected chi connectivity index (χ0v) is 13.2. The van der Waals surface area contributed by atoms with Gasteiger partial charge < -0.3 is 20.1 Å². The van der Waals surface area contributed by atoms with E-state index >= 15 is 0 Å². The topological polar surface area (TPSA) is 44.7 Å². The van der Waals surface area contributed by atoms with Gasteiger partial charge in [-0.15, -0.1) is 0 Å². The number of nitrogens with zero attached hydrogens (tertiary/aromatic N) is 1. The Morgan fingerprint density at radius 3 is 3.05 bits per heavy atom. The summed E-state index contributed by atoms with van der Waals surface area (Å²) in [6.07, 6.45) is 3.57. The van der Waals surface area contributed by atoms with Crippen molar-refractivity contribution in [3.63, 3.8) is 0 Å². The van der Waals surface area contributed by atoms with E-state index in [4.69, 9.17) is 4.74 Å². The minimum atomic E-state index is -0.823. The maximum atomic E-state index is 13.9. The first-order valence-corrected chi connectivity index (χ1v) is 7.52. The SMILES string of the molecule is COc1cc(Br)c(F)cc1N1C2=C(C=CC1O)CNCC2. The van der Waals surface area contributed by atoms with Crippen LogP contribution >= 0.6 is 15.9 Å². The van der Waals surface area contributed by atoms with Crippen molar-refractivity contribution in [2.45, 2.75) is 12.6 Å². The molecule has 112 valence electrons. The van der Waals surface area contributed by atoms with E-state index in [0.29, 0.717) is 15.9 Å². The number of methoxy groups -OCH3 is 1. The molecule has 0 bridgehead atoms. The fourth-order valence-corrected chi connectivity index (χ4v) is 3.05. The van der Waals surface area contributed by atoms with Gasteiger partial charge >= 0.3 is 0 Å². The third-order valence-corrected chi connectivity index (χ3v) is 4.34. The molecule has 2 aliphatic rings. The molecule has 0 radical (unpaired) electrons. The Hall–Kier alpha value is -1.37. The molecular weight excluding hydrogens is 339 g/mol. The molecule has 0 amide bonds. The predicted octanol–water partition coefficient (Wildman–Crippen LogP) is 2.54. The average molecular weight is 355 g/mol. The van der Waals surface area contributed by atoms with E-state index in [-0.39, 0.29) is 5.82 Å². The molecular formula is C15H16BrFN2O2. The molecule has 1 aromatic rings. The maximum absolute atomic E-state index is 13.9. The highest BCUT2D eigenvalue weighted by molar-refractivity contribution is 9.10. The van der Waals surface area contributed by atoms with Gasteiger partial charge in [-0.1, -0.05) is 6.08 Å². The molecule has 21 heavy (non-hydrogen) atoms. The van der Waals surface area contributed by atoms with Gasteiger partial charge in [0.25, 0.3) is 0 Å². The number of hydrogen-bond donors (Lipinski definition) is 2. The molecule has 1 unspecified atom stereocenters. The van der Waals surface area contributed by atoms with Crippen LogP contribution in [0.15, 0.2) is 40.0 Å². The maximum Gasteiger partial charge on any atom is 0.150 e. The van der Waals surface area contributed by atoms with E-state index in [1.165, 1.54) is 13.2 Å². The molecule has 1 aromatic carbocycles. The van der Waals surface area contributed by atoms with Crippen molar-refractivity contribution in [2.75, 3.05) is 25.1 Å². The fourth-order valence-electron chi connectivity index (χ4n) is 2.73. The Morgan fingerprint density at radius 2 is 2.29 bits per heavy atom. The summed E-state index contributed by atoms with van der Waals surface area (Å²) in [5, 5.41) is 13.6. The van der Waals surface area contributed by atoms with Crippen molar-refractivity contribution in [2.24, 2.45) is 0 Å². The van der Waals surface area contributed by atoms with Crippen molar-refractivity contribution in [1.29, 1.82) is 0 Å². The molecule has 0 saturated heterocycles. The van der Waals surface area contributed by atoms with Gasteiger partial charge in [-0.2, -0.15) is 0 Å². The summed E-state index contributed by atoms with van der Waals surface area (Å²) < 4.78 is 19.6. The Bertz CT molecular complexity index is 630. The molecule has 0 spiro atoms. The van der Waals surface area contributed by atoms with Gasteiger partial charge in [0.15, 0.2) is 6.23 Å². The second-order valence-electron chi connectivity index (χ2n) is 4.98. The second-order valence-corrected chi connectivity index (χ2v) is 5.83. The van der Waals surface area contributed by atoms with Crippen LogP contribution in [0.25, 0.3) is 0 Å². The Morgan fingerprint density at radius 1 is 1.48 bits per heavy atom.